The maximum Gasteiger partial charge on any atom is 0.251 e. The van der Waals surface area contributed by atoms with Crippen molar-refractivity contribution in [2.45, 2.75) is 45.1 Å². The molecule has 1 aromatic rings. The fourth-order valence-corrected chi connectivity index (χ4v) is 4.22. The van der Waals surface area contributed by atoms with Crippen LogP contribution in [0.2, 0.25) is 0 Å². The van der Waals surface area contributed by atoms with E-state index < -0.39 is 0 Å². The first-order chi connectivity index (χ1) is 11.6. The van der Waals surface area contributed by atoms with Gasteiger partial charge in [-0.2, -0.15) is 0 Å². The van der Waals surface area contributed by atoms with E-state index in [9.17, 15) is 9.59 Å². The molecule has 4 N–H and O–H groups in total. The smallest absolute Gasteiger partial charge is 0.251 e. The zero-order chi connectivity index (χ0) is 17.1. The van der Waals surface area contributed by atoms with Gasteiger partial charge in [-0.1, -0.05) is 6.42 Å². The van der Waals surface area contributed by atoms with Crippen LogP contribution in [0.3, 0.4) is 0 Å². The minimum atomic E-state index is -0.0931. The van der Waals surface area contributed by atoms with Crippen molar-refractivity contribution in [2.75, 3.05) is 11.9 Å². The van der Waals surface area contributed by atoms with E-state index in [1.165, 1.54) is 6.42 Å². The highest BCUT2D eigenvalue weighted by Gasteiger charge is 2.40. The Labute approximate surface area is 143 Å². The van der Waals surface area contributed by atoms with Crippen LogP contribution < -0.4 is 16.4 Å². The molecular weight excluding hydrogens is 302 g/mol. The van der Waals surface area contributed by atoms with Crippen LogP contribution in [-0.4, -0.2) is 24.4 Å². The van der Waals surface area contributed by atoms with Crippen LogP contribution in [0.1, 0.15) is 49.4 Å². The Morgan fingerprint density at radius 3 is 2.33 bits per heavy atom. The number of amides is 2. The predicted octanol–water partition coefficient (Wildman–Crippen LogP) is 2.53. The lowest BCUT2D eigenvalue weighted by atomic mass is 9.65. The summed E-state index contributed by atoms with van der Waals surface area (Å²) in [5.74, 6) is 1.04. The van der Waals surface area contributed by atoms with Crippen molar-refractivity contribution in [2.24, 2.45) is 23.5 Å². The summed E-state index contributed by atoms with van der Waals surface area (Å²) in [5.41, 5.74) is 7.65. The van der Waals surface area contributed by atoms with Gasteiger partial charge in [0.05, 0.1) is 0 Å². The second-order valence-electron chi connectivity index (χ2n) is 7.12. The van der Waals surface area contributed by atoms with Gasteiger partial charge >= 0.3 is 0 Å². The van der Waals surface area contributed by atoms with E-state index in [2.05, 4.69) is 10.6 Å². The molecule has 2 atom stereocenters. The number of benzene rings is 1. The first-order valence-corrected chi connectivity index (χ1v) is 9.03. The molecule has 0 aliphatic heterocycles. The number of carbonyl (C=O) groups is 2. The summed E-state index contributed by atoms with van der Waals surface area (Å²) >= 11 is 0. The monoisotopic (exact) mass is 329 g/mol. The summed E-state index contributed by atoms with van der Waals surface area (Å²) in [5, 5.41) is 5.76. The van der Waals surface area contributed by atoms with Gasteiger partial charge in [0.2, 0.25) is 5.91 Å². The highest BCUT2D eigenvalue weighted by Crippen LogP contribution is 2.42. The van der Waals surface area contributed by atoms with Crippen LogP contribution >= 0.6 is 0 Å². The van der Waals surface area contributed by atoms with Gasteiger partial charge in [-0.3, -0.25) is 9.59 Å². The molecule has 5 heteroatoms. The Hall–Kier alpha value is -1.88. The molecular formula is C19H27N3O2. The maximum absolute atomic E-state index is 12.6. The fraction of sp³-hybridized carbons (Fsp3) is 0.579. The van der Waals surface area contributed by atoms with E-state index in [-0.39, 0.29) is 23.8 Å². The fourth-order valence-electron chi connectivity index (χ4n) is 4.22. The van der Waals surface area contributed by atoms with Crippen molar-refractivity contribution < 1.29 is 9.59 Å². The molecule has 0 radical (unpaired) electrons. The van der Waals surface area contributed by atoms with Gasteiger partial charge in [0.1, 0.15) is 0 Å². The minimum absolute atomic E-state index is 0.0585. The van der Waals surface area contributed by atoms with Gasteiger partial charge in [0.15, 0.2) is 0 Å². The molecule has 2 saturated carbocycles. The van der Waals surface area contributed by atoms with Gasteiger partial charge in [0, 0.05) is 29.8 Å². The molecule has 1 aromatic carbocycles. The summed E-state index contributed by atoms with van der Waals surface area (Å²) in [6.45, 7) is 2.49. The topological polar surface area (TPSA) is 84.2 Å². The third kappa shape index (κ3) is 3.61. The number of carbonyl (C=O) groups excluding carboxylic acids is 2. The number of anilines is 1. The van der Waals surface area contributed by atoms with Crippen LogP contribution in [0.25, 0.3) is 0 Å². The van der Waals surface area contributed by atoms with E-state index in [4.69, 9.17) is 5.73 Å². The maximum atomic E-state index is 12.6. The molecule has 0 saturated heterocycles. The van der Waals surface area contributed by atoms with E-state index >= 15 is 0 Å². The lowest BCUT2D eigenvalue weighted by molar-refractivity contribution is -0.122. The van der Waals surface area contributed by atoms with Crippen molar-refractivity contribution in [3.05, 3.63) is 29.8 Å². The molecule has 2 amide bonds. The van der Waals surface area contributed by atoms with Crippen molar-refractivity contribution >= 4 is 17.5 Å². The Morgan fingerprint density at radius 1 is 1.12 bits per heavy atom. The molecule has 5 nitrogen and oxygen atoms in total. The standard InChI is InChI=1S/C19H27N3O2/c1-2-21-18(23)12-6-8-16(9-7-12)22-19(24)15-10-13-4-3-5-14(11-15)17(13)20/h6-9,13-15,17H,2-5,10-11,20H2,1H3,(H,21,23)(H,22,24). The highest BCUT2D eigenvalue weighted by atomic mass is 16.2. The second kappa shape index (κ2) is 7.34. The van der Waals surface area contributed by atoms with Gasteiger partial charge < -0.3 is 16.4 Å². The van der Waals surface area contributed by atoms with Gasteiger partial charge in [-0.25, -0.2) is 0 Å². The van der Waals surface area contributed by atoms with Crippen LogP contribution in [0, 0.1) is 17.8 Å². The number of nitrogens with one attached hydrogen (secondary N) is 2. The molecule has 2 aliphatic carbocycles. The van der Waals surface area contributed by atoms with E-state index in [1.807, 2.05) is 6.92 Å². The summed E-state index contributed by atoms with van der Waals surface area (Å²) in [6.07, 6.45) is 5.37. The third-order valence-electron chi connectivity index (χ3n) is 5.54. The molecule has 2 fully saturated rings. The largest absolute Gasteiger partial charge is 0.352 e. The average Bonchev–Trinajstić information content (AvgIpc) is 2.55. The number of nitrogens with two attached hydrogens (primary N) is 1. The summed E-state index contributed by atoms with van der Waals surface area (Å²) in [7, 11) is 0. The highest BCUT2D eigenvalue weighted by molar-refractivity contribution is 5.96. The zero-order valence-electron chi connectivity index (χ0n) is 14.3. The molecule has 2 unspecified atom stereocenters. The molecule has 2 aliphatic rings. The van der Waals surface area contributed by atoms with Crippen LogP contribution in [0.4, 0.5) is 5.69 Å². The Balaban J connectivity index is 1.60. The average molecular weight is 329 g/mol. The van der Waals surface area contributed by atoms with Gasteiger partial charge in [0.25, 0.3) is 5.91 Å². The van der Waals surface area contributed by atoms with Crippen molar-refractivity contribution in [1.82, 2.24) is 5.32 Å². The van der Waals surface area contributed by atoms with E-state index in [1.54, 1.807) is 24.3 Å². The SMILES string of the molecule is CCNC(=O)c1ccc(NC(=O)C2CC3CCCC(C2)C3N)cc1. The summed E-state index contributed by atoms with van der Waals surface area (Å²) < 4.78 is 0. The number of hydrogen-bond acceptors (Lipinski definition) is 3. The molecule has 0 spiro atoms. The number of fused-ring (bicyclic) bond motifs is 2. The zero-order valence-corrected chi connectivity index (χ0v) is 14.3. The van der Waals surface area contributed by atoms with Crippen molar-refractivity contribution in [3.63, 3.8) is 0 Å². The van der Waals surface area contributed by atoms with Gasteiger partial charge in [-0.05, 0) is 68.7 Å². The van der Waals surface area contributed by atoms with Gasteiger partial charge in [-0.15, -0.1) is 0 Å². The van der Waals surface area contributed by atoms with Crippen molar-refractivity contribution in [1.29, 1.82) is 0 Å². The predicted molar refractivity (Wildman–Crippen MR) is 94.6 cm³/mol. The lowest BCUT2D eigenvalue weighted by Crippen LogP contribution is -2.48. The van der Waals surface area contributed by atoms with Crippen LogP contribution in [0.5, 0.6) is 0 Å². The molecule has 0 heterocycles. The minimum Gasteiger partial charge on any atom is -0.352 e. The van der Waals surface area contributed by atoms with E-state index in [0.29, 0.717) is 23.9 Å². The normalized spacial score (nSPS) is 28.9. The Kier molecular flexibility index (Phi) is 5.19. The Bertz CT molecular complexity index is 585. The molecule has 3 rings (SSSR count). The molecule has 0 aromatic heterocycles. The summed E-state index contributed by atoms with van der Waals surface area (Å²) in [4.78, 5) is 24.4. The molecule has 130 valence electrons. The lowest BCUT2D eigenvalue weighted by Gasteiger charge is -2.43. The van der Waals surface area contributed by atoms with Crippen LogP contribution in [0.15, 0.2) is 24.3 Å². The summed E-state index contributed by atoms with van der Waals surface area (Å²) in [6, 6.07) is 7.34. The molecule has 24 heavy (non-hydrogen) atoms. The Morgan fingerprint density at radius 2 is 1.75 bits per heavy atom. The molecule has 2 bridgehead atoms. The number of rotatable bonds is 4. The van der Waals surface area contributed by atoms with E-state index in [0.717, 1.165) is 31.4 Å². The first-order valence-electron chi connectivity index (χ1n) is 9.03. The first kappa shape index (κ1) is 17.0. The second-order valence-corrected chi connectivity index (χ2v) is 7.12. The quantitative estimate of drug-likeness (QED) is 0.793. The van der Waals surface area contributed by atoms with Crippen molar-refractivity contribution in [3.8, 4) is 0 Å². The number of hydrogen-bond donors (Lipinski definition) is 3. The van der Waals surface area contributed by atoms with Crippen LogP contribution in [-0.2, 0) is 4.79 Å². The third-order valence-corrected chi connectivity index (χ3v) is 5.54.